The predicted octanol–water partition coefficient (Wildman–Crippen LogP) is 4.66. The van der Waals surface area contributed by atoms with E-state index in [1.165, 1.54) is 6.07 Å². The van der Waals surface area contributed by atoms with Crippen molar-refractivity contribution in [3.8, 4) is 0 Å². The van der Waals surface area contributed by atoms with Gasteiger partial charge in [-0.25, -0.2) is 8.78 Å². The fourth-order valence-corrected chi connectivity index (χ4v) is 2.28. The van der Waals surface area contributed by atoms with Gasteiger partial charge in [0.15, 0.2) is 11.6 Å². The first kappa shape index (κ1) is 16.1. The number of hydrogen-bond donors (Lipinski definition) is 1. The number of benzene rings is 2. The first-order valence-electron chi connectivity index (χ1n) is 7.30. The van der Waals surface area contributed by atoms with Crippen molar-refractivity contribution in [1.29, 1.82) is 0 Å². The van der Waals surface area contributed by atoms with Crippen molar-refractivity contribution in [2.45, 2.75) is 32.6 Å². The van der Waals surface area contributed by atoms with Crippen LogP contribution >= 0.6 is 0 Å². The van der Waals surface area contributed by atoms with Gasteiger partial charge in [0.25, 0.3) is 0 Å². The number of aryl methyl sites for hydroxylation is 1. The van der Waals surface area contributed by atoms with Crippen molar-refractivity contribution in [3.63, 3.8) is 0 Å². The molecule has 116 valence electrons. The lowest BCUT2D eigenvalue weighted by Crippen LogP contribution is -2.14. The van der Waals surface area contributed by atoms with Gasteiger partial charge in [0, 0.05) is 12.1 Å². The molecule has 2 nitrogen and oxygen atoms in total. The lowest BCUT2D eigenvalue weighted by Gasteiger charge is -2.13. The predicted molar refractivity (Wildman–Crippen MR) is 83.8 cm³/mol. The Balaban J connectivity index is 1.97. The molecule has 0 aliphatic carbocycles. The van der Waals surface area contributed by atoms with Crippen LogP contribution < -0.4 is 5.32 Å². The van der Waals surface area contributed by atoms with Crippen molar-refractivity contribution in [2.24, 2.45) is 0 Å². The van der Waals surface area contributed by atoms with Gasteiger partial charge in [0.2, 0.25) is 5.91 Å². The SMILES string of the molecule is CC(C)c1ccccc1NC(=O)CCc1ccc(F)c(F)c1. The van der Waals surface area contributed by atoms with Crippen LogP contribution in [0.4, 0.5) is 14.5 Å². The monoisotopic (exact) mass is 303 g/mol. The van der Waals surface area contributed by atoms with Crippen LogP contribution in [0.3, 0.4) is 0 Å². The molecule has 0 heterocycles. The molecule has 2 aromatic rings. The fraction of sp³-hybridized carbons (Fsp3) is 0.278. The zero-order valence-corrected chi connectivity index (χ0v) is 12.7. The molecule has 1 amide bonds. The third kappa shape index (κ3) is 4.13. The normalized spacial score (nSPS) is 10.8. The molecule has 22 heavy (non-hydrogen) atoms. The summed E-state index contributed by atoms with van der Waals surface area (Å²) in [6, 6.07) is 11.4. The van der Waals surface area contributed by atoms with Crippen LogP contribution in [0.15, 0.2) is 42.5 Å². The van der Waals surface area contributed by atoms with E-state index in [0.717, 1.165) is 23.4 Å². The highest BCUT2D eigenvalue weighted by atomic mass is 19.2. The largest absolute Gasteiger partial charge is 0.326 e. The van der Waals surface area contributed by atoms with Crippen LogP contribution in [-0.2, 0) is 11.2 Å². The van der Waals surface area contributed by atoms with Gasteiger partial charge in [-0.15, -0.1) is 0 Å². The van der Waals surface area contributed by atoms with Gasteiger partial charge in [0.1, 0.15) is 0 Å². The Hall–Kier alpha value is -2.23. The molecule has 0 saturated carbocycles. The van der Waals surface area contributed by atoms with Gasteiger partial charge in [-0.3, -0.25) is 4.79 Å². The zero-order chi connectivity index (χ0) is 16.1. The maximum atomic E-state index is 13.1. The molecular formula is C18H19F2NO. The minimum absolute atomic E-state index is 0.141. The van der Waals surface area contributed by atoms with Gasteiger partial charge in [0.05, 0.1) is 0 Å². The molecule has 2 rings (SSSR count). The molecule has 0 unspecified atom stereocenters. The van der Waals surface area contributed by atoms with Crippen LogP contribution in [0.5, 0.6) is 0 Å². The number of rotatable bonds is 5. The molecule has 0 radical (unpaired) electrons. The Bertz CT molecular complexity index is 668. The summed E-state index contributed by atoms with van der Waals surface area (Å²) in [5, 5.41) is 2.88. The van der Waals surface area contributed by atoms with Crippen LogP contribution in [-0.4, -0.2) is 5.91 Å². The Labute approximate surface area is 129 Å². The highest BCUT2D eigenvalue weighted by molar-refractivity contribution is 5.91. The standard InChI is InChI=1S/C18H19F2NO/c1-12(2)14-5-3-4-6-17(14)21-18(22)10-8-13-7-9-15(19)16(20)11-13/h3-7,9,11-12H,8,10H2,1-2H3,(H,21,22). The summed E-state index contributed by atoms with van der Waals surface area (Å²) in [6.45, 7) is 4.12. The smallest absolute Gasteiger partial charge is 0.224 e. The number of halogens is 2. The summed E-state index contributed by atoms with van der Waals surface area (Å²) in [5.74, 6) is -1.59. The molecule has 0 bridgehead atoms. The van der Waals surface area contributed by atoms with E-state index in [4.69, 9.17) is 0 Å². The average molecular weight is 303 g/mol. The number of carbonyl (C=O) groups excluding carboxylic acids is 1. The van der Waals surface area contributed by atoms with Gasteiger partial charge in [-0.1, -0.05) is 38.1 Å². The second-order valence-electron chi connectivity index (χ2n) is 5.54. The van der Waals surface area contributed by atoms with Crippen LogP contribution in [0.2, 0.25) is 0 Å². The number of anilines is 1. The maximum Gasteiger partial charge on any atom is 0.224 e. The average Bonchev–Trinajstić information content (AvgIpc) is 2.49. The third-order valence-corrected chi connectivity index (χ3v) is 3.48. The molecule has 2 aromatic carbocycles. The first-order valence-corrected chi connectivity index (χ1v) is 7.30. The number of nitrogens with one attached hydrogen (secondary N) is 1. The van der Waals surface area contributed by atoms with Gasteiger partial charge >= 0.3 is 0 Å². The van der Waals surface area contributed by atoms with E-state index in [0.29, 0.717) is 17.9 Å². The topological polar surface area (TPSA) is 29.1 Å². The second-order valence-corrected chi connectivity index (χ2v) is 5.54. The lowest BCUT2D eigenvalue weighted by atomic mass is 10.0. The van der Waals surface area contributed by atoms with E-state index in [-0.39, 0.29) is 12.3 Å². The Morgan fingerprint density at radius 1 is 1.09 bits per heavy atom. The van der Waals surface area contributed by atoms with E-state index in [1.807, 2.05) is 24.3 Å². The van der Waals surface area contributed by atoms with E-state index in [1.54, 1.807) is 0 Å². The van der Waals surface area contributed by atoms with Crippen LogP contribution in [0.1, 0.15) is 37.3 Å². The van der Waals surface area contributed by atoms with Gasteiger partial charge in [-0.2, -0.15) is 0 Å². The molecule has 1 N–H and O–H groups in total. The first-order chi connectivity index (χ1) is 10.5. The summed E-state index contributed by atoms with van der Waals surface area (Å²) in [5.41, 5.74) is 2.47. The summed E-state index contributed by atoms with van der Waals surface area (Å²) in [7, 11) is 0. The van der Waals surface area contributed by atoms with Crippen molar-refractivity contribution < 1.29 is 13.6 Å². The molecular weight excluding hydrogens is 284 g/mol. The Morgan fingerprint density at radius 2 is 1.82 bits per heavy atom. The van der Waals surface area contributed by atoms with Crippen molar-refractivity contribution in [3.05, 3.63) is 65.2 Å². The summed E-state index contributed by atoms with van der Waals surface area (Å²) >= 11 is 0. The third-order valence-electron chi connectivity index (χ3n) is 3.48. The number of carbonyl (C=O) groups is 1. The maximum absolute atomic E-state index is 13.1. The minimum Gasteiger partial charge on any atom is -0.326 e. The van der Waals surface area contributed by atoms with E-state index < -0.39 is 11.6 Å². The fourth-order valence-electron chi connectivity index (χ4n) is 2.28. The molecule has 0 aliphatic rings. The van der Waals surface area contributed by atoms with E-state index in [9.17, 15) is 13.6 Å². The number of hydrogen-bond acceptors (Lipinski definition) is 1. The minimum atomic E-state index is -0.886. The van der Waals surface area contributed by atoms with Crippen molar-refractivity contribution in [2.75, 3.05) is 5.32 Å². The van der Waals surface area contributed by atoms with Crippen LogP contribution in [0.25, 0.3) is 0 Å². The van der Waals surface area contributed by atoms with E-state index >= 15 is 0 Å². The zero-order valence-electron chi connectivity index (χ0n) is 12.7. The second kappa shape index (κ2) is 7.16. The molecule has 0 spiro atoms. The molecule has 0 aromatic heterocycles. The molecule has 4 heteroatoms. The van der Waals surface area contributed by atoms with Crippen molar-refractivity contribution in [1.82, 2.24) is 0 Å². The highest BCUT2D eigenvalue weighted by Crippen LogP contribution is 2.23. The summed E-state index contributed by atoms with van der Waals surface area (Å²) in [6.07, 6.45) is 0.588. The summed E-state index contributed by atoms with van der Waals surface area (Å²) in [4.78, 5) is 12.0. The lowest BCUT2D eigenvalue weighted by molar-refractivity contribution is -0.116. The number of amides is 1. The van der Waals surface area contributed by atoms with Gasteiger partial charge in [-0.05, 0) is 41.7 Å². The quantitative estimate of drug-likeness (QED) is 0.855. The number of para-hydroxylation sites is 1. The van der Waals surface area contributed by atoms with Crippen LogP contribution in [0, 0.1) is 11.6 Å². The molecule has 0 fully saturated rings. The molecule has 0 aliphatic heterocycles. The summed E-state index contributed by atoms with van der Waals surface area (Å²) < 4.78 is 26.0. The molecule has 0 saturated heterocycles. The Kier molecular flexibility index (Phi) is 5.26. The molecule has 0 atom stereocenters. The van der Waals surface area contributed by atoms with Crippen molar-refractivity contribution >= 4 is 11.6 Å². The Morgan fingerprint density at radius 3 is 2.50 bits per heavy atom. The van der Waals surface area contributed by atoms with E-state index in [2.05, 4.69) is 19.2 Å². The highest BCUT2D eigenvalue weighted by Gasteiger charge is 2.10. The van der Waals surface area contributed by atoms with Gasteiger partial charge < -0.3 is 5.32 Å².